The number of aryl methyl sites for hydroxylation is 1. The summed E-state index contributed by atoms with van der Waals surface area (Å²) in [6, 6.07) is 9.34. The van der Waals surface area contributed by atoms with E-state index in [2.05, 4.69) is 33.4 Å². The van der Waals surface area contributed by atoms with Crippen molar-refractivity contribution in [3.05, 3.63) is 66.2 Å². The first kappa shape index (κ1) is 24.2. The number of ether oxygens (including phenoxy) is 1. The van der Waals surface area contributed by atoms with E-state index in [-0.39, 0.29) is 18.2 Å². The molecule has 0 N–H and O–H groups in total. The lowest BCUT2D eigenvalue weighted by molar-refractivity contribution is -0.152. The number of fused-ring (bicyclic) bond motifs is 1. The highest BCUT2D eigenvalue weighted by molar-refractivity contribution is 5.93. The first-order valence-electron chi connectivity index (χ1n) is 12.4. The number of hydrogen-bond donors (Lipinski definition) is 0. The fourth-order valence-corrected chi connectivity index (χ4v) is 5.73. The second kappa shape index (κ2) is 9.00. The second-order valence-corrected chi connectivity index (χ2v) is 10.1. The largest absolute Gasteiger partial charge is 0.467 e. The highest BCUT2D eigenvalue weighted by Crippen LogP contribution is 2.65. The van der Waals surface area contributed by atoms with Gasteiger partial charge < -0.3 is 9.64 Å². The van der Waals surface area contributed by atoms with Gasteiger partial charge in [-0.25, -0.2) is 14.5 Å². The minimum absolute atomic E-state index is 0.0628. The summed E-state index contributed by atoms with van der Waals surface area (Å²) in [6.07, 6.45) is 7.63. The standard InChI is InChI=1S/C27H26F2N6O3/c1-33-15-20-10-19(13-30-23(20)32-33)17-3-5-18(6-4-17)21-11-27(21)7-8-34(25(27)37)22(24(36)38-2)9-16-12-31-35(14-16)26(28)29/h3-6,10,12-15,21-22,26H,7-9,11H2,1-2H3/t21-,22-,27+/m1/s1. The van der Waals surface area contributed by atoms with Gasteiger partial charge in [-0.15, -0.1) is 0 Å². The zero-order valence-electron chi connectivity index (χ0n) is 20.9. The summed E-state index contributed by atoms with van der Waals surface area (Å²) in [5.74, 6) is -0.594. The molecular weight excluding hydrogens is 494 g/mol. The van der Waals surface area contributed by atoms with E-state index in [1.165, 1.54) is 19.5 Å². The number of esters is 1. The van der Waals surface area contributed by atoms with Crippen LogP contribution in [0.5, 0.6) is 0 Å². The van der Waals surface area contributed by atoms with Crippen molar-refractivity contribution in [1.82, 2.24) is 29.4 Å². The molecule has 0 bridgehead atoms. The number of halogens is 2. The first-order chi connectivity index (χ1) is 18.3. The molecule has 1 aliphatic heterocycles. The molecule has 1 saturated heterocycles. The summed E-state index contributed by atoms with van der Waals surface area (Å²) in [7, 11) is 3.12. The zero-order chi connectivity index (χ0) is 26.6. The Morgan fingerprint density at radius 2 is 1.97 bits per heavy atom. The van der Waals surface area contributed by atoms with Crippen molar-refractivity contribution >= 4 is 22.9 Å². The van der Waals surface area contributed by atoms with E-state index in [1.54, 1.807) is 15.8 Å². The lowest BCUT2D eigenvalue weighted by Gasteiger charge is -2.26. The van der Waals surface area contributed by atoms with Crippen molar-refractivity contribution in [3.8, 4) is 11.1 Å². The summed E-state index contributed by atoms with van der Waals surface area (Å²) in [6.45, 7) is -2.36. The number of methoxy groups -OCH3 is 1. The highest BCUT2D eigenvalue weighted by Gasteiger charge is 2.65. The Balaban J connectivity index is 1.18. The Kier molecular flexibility index (Phi) is 5.73. The molecule has 1 spiro atoms. The topological polar surface area (TPSA) is 95.1 Å². The highest BCUT2D eigenvalue weighted by atomic mass is 19.3. The number of hydrogen-bond acceptors (Lipinski definition) is 6. The molecule has 3 atom stereocenters. The molecular formula is C27H26F2N6O3. The maximum atomic E-state index is 13.6. The number of pyridine rings is 1. The van der Waals surface area contributed by atoms with Crippen LogP contribution in [-0.4, -0.2) is 61.0 Å². The molecule has 4 aromatic rings. The van der Waals surface area contributed by atoms with Crippen molar-refractivity contribution in [1.29, 1.82) is 0 Å². The fraction of sp³-hybridized carbons (Fsp3) is 0.370. The molecule has 1 amide bonds. The van der Waals surface area contributed by atoms with Gasteiger partial charge in [-0.05, 0) is 41.5 Å². The van der Waals surface area contributed by atoms with Crippen LogP contribution in [-0.2, 0) is 27.8 Å². The van der Waals surface area contributed by atoms with Crippen LogP contribution in [0.4, 0.5) is 8.78 Å². The molecule has 6 rings (SSSR count). The Morgan fingerprint density at radius 1 is 1.18 bits per heavy atom. The summed E-state index contributed by atoms with van der Waals surface area (Å²) < 4.78 is 33.1. The van der Waals surface area contributed by atoms with E-state index in [1.807, 2.05) is 25.4 Å². The number of aromatic nitrogens is 5. The predicted molar refractivity (Wildman–Crippen MR) is 133 cm³/mol. The van der Waals surface area contributed by atoms with Gasteiger partial charge in [-0.1, -0.05) is 24.3 Å². The van der Waals surface area contributed by atoms with Crippen molar-refractivity contribution < 1.29 is 23.1 Å². The van der Waals surface area contributed by atoms with Gasteiger partial charge in [-0.2, -0.15) is 19.0 Å². The van der Waals surface area contributed by atoms with Crippen molar-refractivity contribution in [2.45, 2.75) is 37.8 Å². The normalized spacial score (nSPS) is 21.6. The molecule has 2 aliphatic rings. The average Bonchev–Trinajstić information content (AvgIpc) is 3.16. The van der Waals surface area contributed by atoms with Crippen LogP contribution in [0.15, 0.2) is 55.1 Å². The van der Waals surface area contributed by atoms with Crippen LogP contribution in [0.1, 0.15) is 36.4 Å². The first-order valence-corrected chi connectivity index (χ1v) is 12.4. The van der Waals surface area contributed by atoms with Gasteiger partial charge in [0.15, 0.2) is 5.65 Å². The summed E-state index contributed by atoms with van der Waals surface area (Å²) in [5.41, 5.74) is 3.68. The summed E-state index contributed by atoms with van der Waals surface area (Å²) in [4.78, 5) is 32.2. The van der Waals surface area contributed by atoms with E-state index in [0.717, 1.165) is 22.1 Å². The Hall–Kier alpha value is -4.15. The SMILES string of the molecule is COC(=O)[C@@H](Cc1cnn(C(F)F)c1)N1CC[C@@]2(C[C@@H]2c2ccc(-c3cnc4nn(C)cc4c3)cc2)C1=O. The number of carbonyl (C=O) groups excluding carboxylic acids is 2. The molecule has 38 heavy (non-hydrogen) atoms. The molecule has 0 radical (unpaired) electrons. The fourth-order valence-electron chi connectivity index (χ4n) is 5.73. The third kappa shape index (κ3) is 4.02. The number of alkyl halides is 2. The monoisotopic (exact) mass is 520 g/mol. The maximum Gasteiger partial charge on any atom is 0.333 e. The van der Waals surface area contributed by atoms with Gasteiger partial charge in [0, 0.05) is 49.6 Å². The molecule has 2 fully saturated rings. The molecule has 11 heteroatoms. The van der Waals surface area contributed by atoms with E-state index < -0.39 is 24.0 Å². The van der Waals surface area contributed by atoms with Crippen molar-refractivity contribution in [2.24, 2.45) is 12.5 Å². The molecule has 196 valence electrons. The minimum Gasteiger partial charge on any atom is -0.467 e. The molecule has 3 aromatic heterocycles. The second-order valence-electron chi connectivity index (χ2n) is 10.1. The quantitative estimate of drug-likeness (QED) is 0.345. The van der Waals surface area contributed by atoms with E-state index in [0.29, 0.717) is 35.3 Å². The van der Waals surface area contributed by atoms with Gasteiger partial charge in [0.05, 0.1) is 18.7 Å². The number of nitrogens with zero attached hydrogens (tertiary/aromatic N) is 6. The molecule has 1 aliphatic carbocycles. The van der Waals surface area contributed by atoms with Gasteiger partial charge in [-0.3, -0.25) is 9.48 Å². The van der Waals surface area contributed by atoms with Crippen molar-refractivity contribution in [3.63, 3.8) is 0 Å². The van der Waals surface area contributed by atoms with Crippen LogP contribution in [0.25, 0.3) is 22.2 Å². The van der Waals surface area contributed by atoms with Crippen LogP contribution >= 0.6 is 0 Å². The van der Waals surface area contributed by atoms with Gasteiger partial charge in [0.1, 0.15) is 6.04 Å². The lowest BCUT2D eigenvalue weighted by atomic mass is 9.96. The Labute approximate surface area is 217 Å². The third-order valence-electron chi connectivity index (χ3n) is 7.81. The van der Waals surface area contributed by atoms with Crippen LogP contribution in [0, 0.1) is 5.41 Å². The van der Waals surface area contributed by atoms with Crippen molar-refractivity contribution in [2.75, 3.05) is 13.7 Å². The lowest BCUT2D eigenvalue weighted by Crippen LogP contribution is -2.45. The van der Waals surface area contributed by atoms with Crippen LogP contribution < -0.4 is 0 Å². The van der Waals surface area contributed by atoms with Crippen LogP contribution in [0.3, 0.4) is 0 Å². The minimum atomic E-state index is -2.77. The summed E-state index contributed by atoms with van der Waals surface area (Å²) in [5, 5.41) is 8.92. The van der Waals surface area contributed by atoms with Crippen LogP contribution in [0.2, 0.25) is 0 Å². The van der Waals surface area contributed by atoms with E-state index in [9.17, 15) is 18.4 Å². The average molecular weight is 521 g/mol. The molecule has 1 aromatic carbocycles. The third-order valence-corrected chi connectivity index (χ3v) is 7.81. The van der Waals surface area contributed by atoms with Gasteiger partial charge in [0.25, 0.3) is 0 Å². The maximum absolute atomic E-state index is 13.6. The smallest absolute Gasteiger partial charge is 0.333 e. The number of likely N-dealkylation sites (tertiary alicyclic amines) is 1. The number of benzene rings is 1. The molecule has 1 saturated carbocycles. The zero-order valence-corrected chi connectivity index (χ0v) is 20.9. The van der Waals surface area contributed by atoms with Gasteiger partial charge >= 0.3 is 12.5 Å². The molecule has 9 nitrogen and oxygen atoms in total. The Bertz CT molecular complexity index is 1530. The predicted octanol–water partition coefficient (Wildman–Crippen LogP) is 3.72. The number of amides is 1. The van der Waals surface area contributed by atoms with Gasteiger partial charge in [0.2, 0.25) is 5.91 Å². The van der Waals surface area contributed by atoms with E-state index >= 15 is 0 Å². The number of rotatable bonds is 7. The Morgan fingerprint density at radius 3 is 2.68 bits per heavy atom. The summed E-state index contributed by atoms with van der Waals surface area (Å²) >= 11 is 0. The molecule has 0 unspecified atom stereocenters. The van der Waals surface area contributed by atoms with E-state index in [4.69, 9.17) is 4.74 Å². The molecule has 4 heterocycles. The number of carbonyl (C=O) groups is 2.